The van der Waals surface area contributed by atoms with Crippen molar-refractivity contribution in [2.45, 2.75) is 63.8 Å². The summed E-state index contributed by atoms with van der Waals surface area (Å²) in [7, 11) is 1.68. The number of ether oxygens (including phenoxy) is 2. The van der Waals surface area contributed by atoms with Gasteiger partial charge in [-0.1, -0.05) is 49.2 Å². The van der Waals surface area contributed by atoms with Crippen LogP contribution in [-0.4, -0.2) is 44.2 Å². The van der Waals surface area contributed by atoms with Crippen LogP contribution < -0.4 is 14.8 Å². The highest BCUT2D eigenvalue weighted by Crippen LogP contribution is 2.59. The molecule has 1 amide bonds. The Morgan fingerprint density at radius 3 is 2.46 bits per heavy atom. The second-order valence-electron chi connectivity index (χ2n) is 10.9. The van der Waals surface area contributed by atoms with E-state index in [4.69, 9.17) is 9.47 Å². The van der Waals surface area contributed by atoms with Gasteiger partial charge in [0.15, 0.2) is 11.5 Å². The van der Waals surface area contributed by atoms with Crippen LogP contribution >= 0.6 is 0 Å². The molecular weight excluding hydrogens is 436 g/mol. The number of hydrogen-bond acceptors (Lipinski definition) is 4. The molecule has 5 nitrogen and oxygen atoms in total. The normalized spacial score (nSPS) is 22.6. The molecule has 1 unspecified atom stereocenters. The van der Waals surface area contributed by atoms with Crippen LogP contribution in [0.2, 0.25) is 0 Å². The van der Waals surface area contributed by atoms with Crippen molar-refractivity contribution in [2.24, 2.45) is 11.3 Å². The van der Waals surface area contributed by atoms with E-state index in [1.165, 1.54) is 36.8 Å². The van der Waals surface area contributed by atoms with Gasteiger partial charge in [0.2, 0.25) is 5.91 Å². The quantitative estimate of drug-likeness (QED) is 0.532. The number of benzene rings is 2. The standard InChI is InChI=1S/C30H40N2O3/c1-3-35-27-19-23(11-12-26(27)34-2)21-32-17-15-29(16-18-32)20-25(29)28(33)31-22-30(13-7-8-14-30)24-9-5-4-6-10-24/h4-6,9-12,19,25H,3,7-8,13-18,20-22H2,1-2H3,(H,31,33). The average molecular weight is 477 g/mol. The van der Waals surface area contributed by atoms with Crippen molar-refractivity contribution in [3.05, 3.63) is 59.7 Å². The van der Waals surface area contributed by atoms with Gasteiger partial charge in [0.05, 0.1) is 13.7 Å². The van der Waals surface area contributed by atoms with Gasteiger partial charge in [-0.15, -0.1) is 0 Å². The Bertz CT molecular complexity index is 1010. The van der Waals surface area contributed by atoms with Gasteiger partial charge in [-0.2, -0.15) is 0 Å². The number of nitrogens with zero attached hydrogens (tertiary/aromatic N) is 1. The van der Waals surface area contributed by atoms with Crippen LogP contribution in [0.3, 0.4) is 0 Å². The molecule has 188 valence electrons. The monoisotopic (exact) mass is 476 g/mol. The zero-order valence-electron chi connectivity index (χ0n) is 21.4. The zero-order valence-corrected chi connectivity index (χ0v) is 21.4. The second-order valence-corrected chi connectivity index (χ2v) is 10.9. The maximum Gasteiger partial charge on any atom is 0.223 e. The first kappa shape index (κ1) is 24.2. The molecule has 0 bridgehead atoms. The number of piperidine rings is 1. The summed E-state index contributed by atoms with van der Waals surface area (Å²) < 4.78 is 11.2. The number of carbonyl (C=O) groups excluding carboxylic acids is 1. The van der Waals surface area contributed by atoms with E-state index in [9.17, 15) is 4.79 Å². The fourth-order valence-electron chi connectivity index (χ4n) is 6.56. The lowest BCUT2D eigenvalue weighted by atomic mass is 9.78. The lowest BCUT2D eigenvalue weighted by molar-refractivity contribution is -0.123. The molecule has 1 spiro atoms. The van der Waals surface area contributed by atoms with Crippen LogP contribution in [0, 0.1) is 11.3 Å². The molecule has 3 fully saturated rings. The Kier molecular flexibility index (Phi) is 7.06. The molecule has 3 aliphatic rings. The van der Waals surface area contributed by atoms with E-state index in [2.05, 4.69) is 52.7 Å². The molecule has 35 heavy (non-hydrogen) atoms. The van der Waals surface area contributed by atoms with Crippen LogP contribution in [0.15, 0.2) is 48.5 Å². The maximum atomic E-state index is 13.2. The van der Waals surface area contributed by atoms with Crippen LogP contribution in [0.4, 0.5) is 0 Å². The van der Waals surface area contributed by atoms with Gasteiger partial charge in [0.25, 0.3) is 0 Å². The van der Waals surface area contributed by atoms with Crippen molar-refractivity contribution in [1.82, 2.24) is 10.2 Å². The van der Waals surface area contributed by atoms with E-state index >= 15 is 0 Å². The number of amides is 1. The number of carbonyl (C=O) groups is 1. The minimum atomic E-state index is 0.126. The smallest absolute Gasteiger partial charge is 0.223 e. The summed E-state index contributed by atoms with van der Waals surface area (Å²) in [5.41, 5.74) is 2.99. The Morgan fingerprint density at radius 1 is 1.03 bits per heavy atom. The SMILES string of the molecule is CCOc1cc(CN2CCC3(CC2)CC3C(=O)NCC2(c3ccccc3)CCCC2)ccc1OC. The summed E-state index contributed by atoms with van der Waals surface area (Å²) in [5, 5.41) is 3.40. The Hall–Kier alpha value is -2.53. The van der Waals surface area contributed by atoms with Gasteiger partial charge < -0.3 is 14.8 Å². The molecular formula is C30H40N2O3. The van der Waals surface area contributed by atoms with E-state index < -0.39 is 0 Å². The summed E-state index contributed by atoms with van der Waals surface area (Å²) in [5.74, 6) is 2.09. The lowest BCUT2D eigenvalue weighted by Gasteiger charge is -2.33. The van der Waals surface area contributed by atoms with Crippen LogP contribution in [0.25, 0.3) is 0 Å². The summed E-state index contributed by atoms with van der Waals surface area (Å²) in [6.07, 6.45) is 8.16. The molecule has 5 rings (SSSR count). The third kappa shape index (κ3) is 5.06. The van der Waals surface area contributed by atoms with Gasteiger partial charge in [0, 0.05) is 24.4 Å². The van der Waals surface area contributed by atoms with E-state index in [1.54, 1.807) is 7.11 Å². The van der Waals surface area contributed by atoms with Gasteiger partial charge in [-0.25, -0.2) is 0 Å². The number of methoxy groups -OCH3 is 1. The summed E-state index contributed by atoms with van der Waals surface area (Å²) in [6, 6.07) is 17.1. The Labute approximate surface area is 210 Å². The van der Waals surface area contributed by atoms with Crippen molar-refractivity contribution >= 4 is 5.91 Å². The first-order valence-electron chi connectivity index (χ1n) is 13.4. The van der Waals surface area contributed by atoms with E-state index in [0.29, 0.717) is 6.61 Å². The molecule has 2 aliphatic carbocycles. The molecule has 1 heterocycles. The van der Waals surface area contributed by atoms with Crippen LogP contribution in [0.1, 0.15) is 63.0 Å². The molecule has 1 saturated heterocycles. The molecule has 1 atom stereocenters. The van der Waals surface area contributed by atoms with Gasteiger partial charge in [-0.05, 0) is 80.8 Å². The molecule has 0 aromatic heterocycles. The third-order valence-electron chi connectivity index (χ3n) is 8.84. The predicted octanol–water partition coefficient (Wildman–Crippen LogP) is 5.32. The Balaban J connectivity index is 1.13. The molecule has 2 aromatic carbocycles. The molecule has 0 radical (unpaired) electrons. The highest BCUT2D eigenvalue weighted by Gasteiger charge is 2.58. The van der Waals surface area contributed by atoms with E-state index in [0.717, 1.165) is 56.9 Å². The van der Waals surface area contributed by atoms with Crippen LogP contribution in [-0.2, 0) is 16.8 Å². The van der Waals surface area contributed by atoms with Gasteiger partial charge in [-0.3, -0.25) is 9.69 Å². The Morgan fingerprint density at radius 2 is 1.77 bits per heavy atom. The molecule has 2 aromatic rings. The second kappa shape index (κ2) is 10.2. The number of hydrogen-bond donors (Lipinski definition) is 1. The number of likely N-dealkylation sites (tertiary alicyclic amines) is 1. The first-order valence-corrected chi connectivity index (χ1v) is 13.4. The minimum absolute atomic E-state index is 0.126. The summed E-state index contributed by atoms with van der Waals surface area (Å²) in [4.78, 5) is 15.7. The fraction of sp³-hybridized carbons (Fsp3) is 0.567. The molecule has 5 heteroatoms. The largest absolute Gasteiger partial charge is 0.493 e. The van der Waals surface area contributed by atoms with E-state index in [-0.39, 0.29) is 22.7 Å². The highest BCUT2D eigenvalue weighted by molar-refractivity contribution is 5.82. The summed E-state index contributed by atoms with van der Waals surface area (Å²) >= 11 is 0. The van der Waals surface area contributed by atoms with E-state index in [1.807, 2.05) is 13.0 Å². The van der Waals surface area contributed by atoms with Crippen molar-refractivity contribution < 1.29 is 14.3 Å². The first-order chi connectivity index (χ1) is 17.1. The van der Waals surface area contributed by atoms with Crippen LogP contribution in [0.5, 0.6) is 11.5 Å². The van der Waals surface area contributed by atoms with Gasteiger partial charge in [0.1, 0.15) is 0 Å². The van der Waals surface area contributed by atoms with Crippen molar-refractivity contribution in [2.75, 3.05) is 33.4 Å². The van der Waals surface area contributed by atoms with Gasteiger partial charge >= 0.3 is 0 Å². The fourth-order valence-corrected chi connectivity index (χ4v) is 6.56. The zero-order chi connectivity index (χ0) is 24.3. The lowest BCUT2D eigenvalue weighted by Crippen LogP contribution is -2.41. The molecule has 2 saturated carbocycles. The maximum absolute atomic E-state index is 13.2. The third-order valence-corrected chi connectivity index (χ3v) is 8.84. The predicted molar refractivity (Wildman–Crippen MR) is 139 cm³/mol. The van der Waals surface area contributed by atoms with Crippen molar-refractivity contribution in [1.29, 1.82) is 0 Å². The highest BCUT2D eigenvalue weighted by atomic mass is 16.5. The molecule has 1 aliphatic heterocycles. The molecule has 1 N–H and O–H groups in total. The van der Waals surface area contributed by atoms with Crippen molar-refractivity contribution in [3.8, 4) is 11.5 Å². The summed E-state index contributed by atoms with van der Waals surface area (Å²) in [6.45, 7) is 6.42. The number of nitrogens with one attached hydrogen (secondary N) is 1. The minimum Gasteiger partial charge on any atom is -0.493 e. The van der Waals surface area contributed by atoms with Crippen molar-refractivity contribution in [3.63, 3.8) is 0 Å². The number of rotatable bonds is 9. The average Bonchev–Trinajstić information content (AvgIpc) is 3.37. The topological polar surface area (TPSA) is 50.8 Å².